The first-order valence-electron chi connectivity index (χ1n) is 3.80. The van der Waals surface area contributed by atoms with Crippen LogP contribution >= 0.6 is 0 Å². The fourth-order valence-corrected chi connectivity index (χ4v) is 1.39. The summed E-state index contributed by atoms with van der Waals surface area (Å²) in [5, 5.41) is 0. The second kappa shape index (κ2) is 2.64. The van der Waals surface area contributed by atoms with E-state index in [9.17, 15) is 0 Å². The molecule has 0 saturated heterocycles. The standard InChI is InChI=1S/C10H10O2/c1-7-8-5-3-4-6-9(8)10(11-2)12-7/h3-6,10H,1H2,2H3/t10-/m1/s1. The van der Waals surface area contributed by atoms with E-state index in [0.29, 0.717) is 5.76 Å². The largest absolute Gasteiger partial charge is 0.461 e. The lowest BCUT2D eigenvalue weighted by Crippen LogP contribution is -1.96. The van der Waals surface area contributed by atoms with Gasteiger partial charge in [-0.05, 0) is 0 Å². The van der Waals surface area contributed by atoms with Crippen molar-refractivity contribution in [3.05, 3.63) is 42.0 Å². The Morgan fingerprint density at radius 3 is 2.92 bits per heavy atom. The van der Waals surface area contributed by atoms with E-state index in [-0.39, 0.29) is 6.29 Å². The Kier molecular flexibility index (Phi) is 1.62. The van der Waals surface area contributed by atoms with Gasteiger partial charge in [-0.2, -0.15) is 0 Å². The highest BCUT2D eigenvalue weighted by Gasteiger charge is 2.25. The Morgan fingerprint density at radius 2 is 2.17 bits per heavy atom. The lowest BCUT2D eigenvalue weighted by Gasteiger charge is -2.07. The first kappa shape index (κ1) is 7.37. The van der Waals surface area contributed by atoms with Gasteiger partial charge in [-0.15, -0.1) is 0 Å². The third kappa shape index (κ3) is 0.924. The van der Waals surface area contributed by atoms with Gasteiger partial charge in [0, 0.05) is 18.2 Å². The Labute approximate surface area is 71.4 Å². The molecule has 1 heterocycles. The molecule has 0 N–H and O–H groups in total. The molecule has 1 atom stereocenters. The van der Waals surface area contributed by atoms with Crippen molar-refractivity contribution < 1.29 is 9.47 Å². The molecule has 2 nitrogen and oxygen atoms in total. The van der Waals surface area contributed by atoms with Crippen molar-refractivity contribution in [1.82, 2.24) is 0 Å². The SMILES string of the molecule is C=C1O[C@@H](OC)c2ccccc21. The maximum atomic E-state index is 5.36. The maximum absolute atomic E-state index is 5.36. The molecule has 0 aromatic heterocycles. The monoisotopic (exact) mass is 162 g/mol. The van der Waals surface area contributed by atoms with E-state index < -0.39 is 0 Å². The van der Waals surface area contributed by atoms with Crippen LogP contribution in [0.4, 0.5) is 0 Å². The lowest BCUT2D eigenvalue weighted by molar-refractivity contribution is -0.0647. The highest BCUT2D eigenvalue weighted by Crippen LogP contribution is 2.36. The van der Waals surface area contributed by atoms with Crippen LogP contribution in [0, 0.1) is 0 Å². The molecule has 0 unspecified atom stereocenters. The van der Waals surface area contributed by atoms with Crippen molar-refractivity contribution in [2.24, 2.45) is 0 Å². The molecule has 0 saturated carbocycles. The molecule has 1 aliphatic rings. The average molecular weight is 162 g/mol. The van der Waals surface area contributed by atoms with Crippen molar-refractivity contribution in [2.75, 3.05) is 7.11 Å². The first-order valence-corrected chi connectivity index (χ1v) is 3.80. The van der Waals surface area contributed by atoms with Gasteiger partial charge in [0.1, 0.15) is 5.76 Å². The van der Waals surface area contributed by atoms with Gasteiger partial charge < -0.3 is 9.47 Å². The van der Waals surface area contributed by atoms with Gasteiger partial charge in [0.05, 0.1) is 0 Å². The highest BCUT2D eigenvalue weighted by molar-refractivity contribution is 5.64. The van der Waals surface area contributed by atoms with E-state index in [0.717, 1.165) is 11.1 Å². The summed E-state index contributed by atoms with van der Waals surface area (Å²) in [5.41, 5.74) is 2.11. The van der Waals surface area contributed by atoms with Gasteiger partial charge in [0.15, 0.2) is 0 Å². The van der Waals surface area contributed by atoms with E-state index >= 15 is 0 Å². The minimum absolute atomic E-state index is 0.270. The summed E-state index contributed by atoms with van der Waals surface area (Å²) in [4.78, 5) is 0. The van der Waals surface area contributed by atoms with Gasteiger partial charge in [-0.1, -0.05) is 30.8 Å². The third-order valence-electron chi connectivity index (χ3n) is 1.98. The molecule has 12 heavy (non-hydrogen) atoms. The smallest absolute Gasteiger partial charge is 0.227 e. The van der Waals surface area contributed by atoms with Crippen LogP contribution in [0.1, 0.15) is 17.4 Å². The van der Waals surface area contributed by atoms with Crippen LogP contribution in [0.5, 0.6) is 0 Å². The van der Waals surface area contributed by atoms with E-state index in [1.165, 1.54) is 0 Å². The Morgan fingerprint density at radius 1 is 1.42 bits per heavy atom. The number of benzene rings is 1. The van der Waals surface area contributed by atoms with Gasteiger partial charge in [-0.3, -0.25) is 0 Å². The molecule has 0 spiro atoms. The predicted molar refractivity (Wildman–Crippen MR) is 46.3 cm³/mol. The van der Waals surface area contributed by atoms with Crippen molar-refractivity contribution in [1.29, 1.82) is 0 Å². The summed E-state index contributed by atoms with van der Waals surface area (Å²) in [6.07, 6.45) is -0.270. The topological polar surface area (TPSA) is 18.5 Å². The zero-order valence-electron chi connectivity index (χ0n) is 6.91. The summed E-state index contributed by atoms with van der Waals surface area (Å²) in [7, 11) is 1.63. The summed E-state index contributed by atoms with van der Waals surface area (Å²) >= 11 is 0. The second-order valence-corrected chi connectivity index (χ2v) is 2.70. The molecule has 2 heteroatoms. The molecule has 62 valence electrons. The summed E-state index contributed by atoms with van der Waals surface area (Å²) < 4.78 is 10.5. The lowest BCUT2D eigenvalue weighted by atomic mass is 10.1. The molecule has 0 fully saturated rings. The van der Waals surface area contributed by atoms with Gasteiger partial charge in [0.25, 0.3) is 0 Å². The van der Waals surface area contributed by atoms with Crippen molar-refractivity contribution in [3.63, 3.8) is 0 Å². The number of hydrogen-bond acceptors (Lipinski definition) is 2. The minimum atomic E-state index is -0.270. The van der Waals surface area contributed by atoms with Gasteiger partial charge in [0.2, 0.25) is 6.29 Å². The minimum Gasteiger partial charge on any atom is -0.461 e. The zero-order chi connectivity index (χ0) is 8.55. The highest BCUT2D eigenvalue weighted by atomic mass is 16.7. The fourth-order valence-electron chi connectivity index (χ4n) is 1.39. The molecule has 0 bridgehead atoms. The molecule has 0 amide bonds. The van der Waals surface area contributed by atoms with Crippen LogP contribution in [0.15, 0.2) is 30.8 Å². The Balaban J connectivity index is 2.50. The van der Waals surface area contributed by atoms with Crippen molar-refractivity contribution >= 4 is 5.76 Å². The van der Waals surface area contributed by atoms with Gasteiger partial charge >= 0.3 is 0 Å². The number of methoxy groups -OCH3 is 1. The summed E-state index contributed by atoms with van der Waals surface area (Å²) in [6, 6.07) is 7.90. The molecule has 2 rings (SSSR count). The molecule has 0 radical (unpaired) electrons. The first-order chi connectivity index (χ1) is 5.83. The molecule has 1 aromatic carbocycles. The molecule has 1 aromatic rings. The van der Waals surface area contributed by atoms with E-state index in [4.69, 9.17) is 9.47 Å². The molecular weight excluding hydrogens is 152 g/mol. The quantitative estimate of drug-likeness (QED) is 0.631. The van der Waals surface area contributed by atoms with E-state index in [1.807, 2.05) is 24.3 Å². The second-order valence-electron chi connectivity index (χ2n) is 2.70. The number of rotatable bonds is 1. The van der Waals surface area contributed by atoms with Crippen molar-refractivity contribution in [2.45, 2.75) is 6.29 Å². The van der Waals surface area contributed by atoms with Gasteiger partial charge in [-0.25, -0.2) is 0 Å². The van der Waals surface area contributed by atoms with E-state index in [2.05, 4.69) is 6.58 Å². The number of ether oxygens (including phenoxy) is 2. The molecule has 0 aliphatic carbocycles. The predicted octanol–water partition coefficient (Wildman–Crippen LogP) is 2.33. The molecular formula is C10H10O2. The Hall–Kier alpha value is -1.28. The van der Waals surface area contributed by atoms with Crippen LogP contribution in [0.3, 0.4) is 0 Å². The zero-order valence-corrected chi connectivity index (χ0v) is 6.91. The maximum Gasteiger partial charge on any atom is 0.227 e. The van der Waals surface area contributed by atoms with Crippen LogP contribution in [-0.2, 0) is 9.47 Å². The fraction of sp³-hybridized carbons (Fsp3) is 0.200. The van der Waals surface area contributed by atoms with Crippen molar-refractivity contribution in [3.8, 4) is 0 Å². The summed E-state index contributed by atoms with van der Waals surface area (Å²) in [6.45, 7) is 3.79. The molecule has 1 aliphatic heterocycles. The van der Waals surface area contributed by atoms with Crippen LogP contribution in [0.2, 0.25) is 0 Å². The van der Waals surface area contributed by atoms with Crippen LogP contribution in [-0.4, -0.2) is 7.11 Å². The normalized spacial score (nSPS) is 20.4. The number of hydrogen-bond donors (Lipinski definition) is 0. The third-order valence-corrected chi connectivity index (χ3v) is 1.98. The average Bonchev–Trinajstić information content (AvgIpc) is 2.44. The van der Waals surface area contributed by atoms with Crippen LogP contribution < -0.4 is 0 Å². The van der Waals surface area contributed by atoms with E-state index in [1.54, 1.807) is 7.11 Å². The van der Waals surface area contributed by atoms with Crippen LogP contribution in [0.25, 0.3) is 5.76 Å². The summed E-state index contributed by atoms with van der Waals surface area (Å²) in [5.74, 6) is 0.692. The number of fused-ring (bicyclic) bond motifs is 1. The Bertz CT molecular complexity index is 317.